The molecule has 0 aliphatic carbocycles. The third-order valence-electron chi connectivity index (χ3n) is 4.83. The van der Waals surface area contributed by atoms with Crippen LogP contribution >= 0.6 is 0 Å². The number of aliphatic imine (C=N–C) groups is 2. The van der Waals surface area contributed by atoms with E-state index in [0.29, 0.717) is 45.1 Å². The monoisotopic (exact) mass is 440 g/mol. The molecule has 0 radical (unpaired) electrons. The van der Waals surface area contributed by atoms with Crippen molar-refractivity contribution in [3.63, 3.8) is 0 Å². The van der Waals surface area contributed by atoms with E-state index >= 15 is 0 Å². The minimum Gasteiger partial charge on any atom is -0.482 e. The summed E-state index contributed by atoms with van der Waals surface area (Å²) in [6.45, 7) is 2.95. The molecule has 1 aromatic heterocycles. The van der Waals surface area contributed by atoms with E-state index in [1.165, 1.54) is 24.5 Å². The van der Waals surface area contributed by atoms with Crippen molar-refractivity contribution in [1.82, 2.24) is 4.98 Å². The highest BCUT2D eigenvalue weighted by Crippen LogP contribution is 2.31. The van der Waals surface area contributed by atoms with Gasteiger partial charge in [0.15, 0.2) is 11.6 Å². The standard InChI is InChI=1S/C23H26F2N6O/c1-13(27)7-20-18-4-3-17(25)9-19(18)14(2)32-21-8-15(11-31-23(21)28)22(29-6-5-24)16(10-26)12-30-20/h3-4,7-11,14H,5-6,12,26-27H2,1-2H3,(H2,28,31)/t14-/m1/s1. The van der Waals surface area contributed by atoms with Crippen molar-refractivity contribution in [2.45, 2.75) is 20.0 Å². The van der Waals surface area contributed by atoms with E-state index in [9.17, 15) is 8.78 Å². The summed E-state index contributed by atoms with van der Waals surface area (Å²) in [5, 5.41) is 0. The van der Waals surface area contributed by atoms with Gasteiger partial charge in [-0.3, -0.25) is 9.98 Å². The fourth-order valence-corrected chi connectivity index (χ4v) is 3.37. The zero-order valence-corrected chi connectivity index (χ0v) is 18.0. The molecule has 0 saturated carbocycles. The summed E-state index contributed by atoms with van der Waals surface area (Å²) >= 11 is 0. The topological polar surface area (TPSA) is 125 Å². The highest BCUT2D eigenvalue weighted by Gasteiger charge is 2.21. The quantitative estimate of drug-likeness (QED) is 0.676. The van der Waals surface area contributed by atoms with Gasteiger partial charge in [-0.15, -0.1) is 0 Å². The van der Waals surface area contributed by atoms with Crippen LogP contribution in [-0.2, 0) is 0 Å². The van der Waals surface area contributed by atoms with Gasteiger partial charge in [-0.25, -0.2) is 13.8 Å². The molecule has 3 rings (SSSR count). The lowest BCUT2D eigenvalue weighted by Crippen LogP contribution is -2.17. The molecular weight excluding hydrogens is 414 g/mol. The highest BCUT2D eigenvalue weighted by atomic mass is 19.1. The zero-order valence-electron chi connectivity index (χ0n) is 18.0. The number of nitrogens with two attached hydrogens (primary N) is 3. The third kappa shape index (κ3) is 5.11. The molecule has 0 saturated heterocycles. The van der Waals surface area contributed by atoms with Gasteiger partial charge >= 0.3 is 0 Å². The number of pyridine rings is 1. The second kappa shape index (κ2) is 10.0. The molecule has 1 aliphatic heterocycles. The van der Waals surface area contributed by atoms with Crippen LogP contribution in [0, 0.1) is 5.82 Å². The normalized spacial score (nSPS) is 19.6. The molecule has 6 N–H and O–H groups in total. The lowest BCUT2D eigenvalue weighted by molar-refractivity contribution is 0.227. The predicted octanol–water partition coefficient (Wildman–Crippen LogP) is 3.21. The van der Waals surface area contributed by atoms with Crippen molar-refractivity contribution in [1.29, 1.82) is 0 Å². The van der Waals surface area contributed by atoms with E-state index in [0.717, 1.165) is 0 Å². The van der Waals surface area contributed by atoms with Gasteiger partial charge in [0.2, 0.25) is 0 Å². The lowest BCUT2D eigenvalue weighted by atomic mass is 9.97. The number of alkyl halides is 1. The Bertz CT molecular complexity index is 1120. The molecule has 168 valence electrons. The molecule has 2 aromatic rings. The van der Waals surface area contributed by atoms with Gasteiger partial charge in [0.05, 0.1) is 24.5 Å². The minimum absolute atomic E-state index is 0.0515. The number of hydrogen-bond acceptors (Lipinski definition) is 7. The Hall–Kier alpha value is -3.75. The van der Waals surface area contributed by atoms with Gasteiger partial charge in [0.1, 0.15) is 18.6 Å². The van der Waals surface area contributed by atoms with E-state index in [1.807, 2.05) is 0 Å². The molecule has 7 nitrogen and oxygen atoms in total. The average molecular weight is 440 g/mol. The van der Waals surface area contributed by atoms with Crippen molar-refractivity contribution < 1.29 is 13.5 Å². The van der Waals surface area contributed by atoms with Crippen molar-refractivity contribution in [2.24, 2.45) is 21.5 Å². The first kappa shape index (κ1) is 22.9. The van der Waals surface area contributed by atoms with Crippen LogP contribution in [0.5, 0.6) is 5.75 Å². The summed E-state index contributed by atoms with van der Waals surface area (Å²) in [5.41, 5.74) is 21.6. The summed E-state index contributed by atoms with van der Waals surface area (Å²) in [4.78, 5) is 13.2. The SMILES string of the molecule is CC(N)=CC1=NCC(=CN)C(=NCCF)c2cnc(N)c(c2)O[C@H](C)c2cc(F)ccc21. The molecule has 1 aliphatic rings. The maximum Gasteiger partial charge on any atom is 0.166 e. The first-order valence-corrected chi connectivity index (χ1v) is 10.1. The Morgan fingerprint density at radius 2 is 2.12 bits per heavy atom. The predicted molar refractivity (Wildman–Crippen MR) is 123 cm³/mol. The zero-order chi connectivity index (χ0) is 23.3. The van der Waals surface area contributed by atoms with Gasteiger partial charge in [-0.2, -0.15) is 0 Å². The number of halogens is 2. The molecule has 1 atom stereocenters. The van der Waals surface area contributed by atoms with Crippen molar-refractivity contribution in [2.75, 3.05) is 25.5 Å². The number of aromatic nitrogens is 1. The molecule has 32 heavy (non-hydrogen) atoms. The van der Waals surface area contributed by atoms with Crippen LogP contribution in [0.3, 0.4) is 0 Å². The number of nitrogen functional groups attached to an aromatic ring is 1. The molecule has 0 unspecified atom stereocenters. The van der Waals surface area contributed by atoms with Crippen molar-refractivity contribution >= 4 is 17.2 Å². The third-order valence-corrected chi connectivity index (χ3v) is 4.83. The van der Waals surface area contributed by atoms with E-state index in [-0.39, 0.29) is 18.9 Å². The van der Waals surface area contributed by atoms with Gasteiger partial charge in [-0.05, 0) is 44.2 Å². The van der Waals surface area contributed by atoms with E-state index in [4.69, 9.17) is 21.9 Å². The number of anilines is 1. The largest absolute Gasteiger partial charge is 0.482 e. The van der Waals surface area contributed by atoms with Crippen LogP contribution in [0.25, 0.3) is 0 Å². The van der Waals surface area contributed by atoms with Crippen LogP contribution in [0.4, 0.5) is 14.6 Å². The van der Waals surface area contributed by atoms with Gasteiger partial charge < -0.3 is 21.9 Å². The average Bonchev–Trinajstić information content (AvgIpc) is 2.76. The molecular formula is C23H26F2N6O. The summed E-state index contributed by atoms with van der Waals surface area (Å²) in [7, 11) is 0. The number of fused-ring (bicyclic) bond motifs is 3. The van der Waals surface area contributed by atoms with E-state index in [2.05, 4.69) is 15.0 Å². The fraction of sp³-hybridized carbons (Fsp3) is 0.261. The number of benzene rings is 1. The number of ether oxygens (including phenoxy) is 1. The smallest absolute Gasteiger partial charge is 0.166 e. The number of hydrogen-bond donors (Lipinski definition) is 3. The van der Waals surface area contributed by atoms with E-state index in [1.54, 1.807) is 32.1 Å². The summed E-state index contributed by atoms with van der Waals surface area (Å²) in [5.74, 6) is 0.0339. The fourth-order valence-electron chi connectivity index (χ4n) is 3.37. The summed E-state index contributed by atoms with van der Waals surface area (Å²) in [6, 6.07) is 6.02. The Morgan fingerprint density at radius 1 is 1.34 bits per heavy atom. The number of rotatable bonds is 3. The first-order chi connectivity index (χ1) is 15.3. The summed E-state index contributed by atoms with van der Waals surface area (Å²) in [6.07, 6.45) is 3.98. The second-order valence-electron chi connectivity index (χ2n) is 7.30. The molecule has 2 bridgehead atoms. The minimum atomic E-state index is -0.632. The van der Waals surface area contributed by atoms with Crippen molar-refractivity contribution in [3.05, 3.63) is 76.5 Å². The highest BCUT2D eigenvalue weighted by molar-refractivity contribution is 6.14. The van der Waals surface area contributed by atoms with Crippen LogP contribution in [-0.4, -0.2) is 36.2 Å². The molecule has 1 aromatic carbocycles. The van der Waals surface area contributed by atoms with Crippen LogP contribution < -0.4 is 21.9 Å². The van der Waals surface area contributed by atoms with Crippen molar-refractivity contribution in [3.8, 4) is 5.75 Å². The van der Waals surface area contributed by atoms with Crippen LogP contribution in [0.15, 0.2) is 64.0 Å². The van der Waals surface area contributed by atoms with Crippen LogP contribution in [0.2, 0.25) is 0 Å². The second-order valence-corrected chi connectivity index (χ2v) is 7.30. The van der Waals surface area contributed by atoms with Gasteiger partial charge in [0.25, 0.3) is 0 Å². The molecule has 0 amide bonds. The Morgan fingerprint density at radius 3 is 2.81 bits per heavy atom. The molecule has 9 heteroatoms. The Balaban J connectivity index is 2.29. The van der Waals surface area contributed by atoms with E-state index < -0.39 is 18.6 Å². The Kier molecular flexibility index (Phi) is 7.19. The maximum atomic E-state index is 14.2. The number of nitrogens with zero attached hydrogens (tertiary/aromatic N) is 3. The molecule has 2 heterocycles. The van der Waals surface area contributed by atoms with Gasteiger partial charge in [-0.1, -0.05) is 0 Å². The number of allylic oxidation sites excluding steroid dienone is 2. The molecule has 0 spiro atoms. The molecule has 0 fully saturated rings. The summed E-state index contributed by atoms with van der Waals surface area (Å²) < 4.78 is 33.1. The van der Waals surface area contributed by atoms with Crippen LogP contribution in [0.1, 0.15) is 36.6 Å². The first-order valence-electron chi connectivity index (χ1n) is 10.1. The maximum absolute atomic E-state index is 14.2. The lowest BCUT2D eigenvalue weighted by Gasteiger charge is -2.21. The Labute approximate surface area is 185 Å². The van der Waals surface area contributed by atoms with Gasteiger partial charge in [0, 0.05) is 40.4 Å².